The highest BCUT2D eigenvalue weighted by atomic mass is 31.2. The minimum atomic E-state index is -4.40. The number of hydrogen-bond donors (Lipinski definition) is 2. The maximum Gasteiger partial charge on any atom is 0.472 e. The second kappa shape index (κ2) is 59.9. The van der Waals surface area contributed by atoms with E-state index in [1.165, 1.54) is 128 Å². The van der Waals surface area contributed by atoms with Crippen LogP contribution < -0.4 is 5.73 Å². The summed E-state index contributed by atoms with van der Waals surface area (Å²) in [7, 11) is -4.40. The molecule has 0 aliphatic carbocycles. The van der Waals surface area contributed by atoms with Crippen molar-refractivity contribution in [2.24, 2.45) is 5.73 Å². The van der Waals surface area contributed by atoms with Gasteiger partial charge in [-0.25, -0.2) is 4.57 Å². The highest BCUT2D eigenvalue weighted by molar-refractivity contribution is 7.47. The molecule has 0 amide bonds. The molecular formula is C65H112NO8P. The molecule has 75 heavy (non-hydrogen) atoms. The summed E-state index contributed by atoms with van der Waals surface area (Å²) in [6, 6.07) is 0. The number of nitrogens with two attached hydrogens (primary N) is 1. The van der Waals surface area contributed by atoms with Crippen LogP contribution >= 0.6 is 7.82 Å². The highest BCUT2D eigenvalue weighted by Gasteiger charge is 2.26. The molecule has 0 aromatic carbocycles. The molecule has 0 aliphatic rings. The molecule has 0 radical (unpaired) electrons. The largest absolute Gasteiger partial charge is 0.472 e. The van der Waals surface area contributed by atoms with E-state index in [1.807, 2.05) is 0 Å². The lowest BCUT2D eigenvalue weighted by molar-refractivity contribution is -0.161. The van der Waals surface area contributed by atoms with Crippen LogP contribution in [0.4, 0.5) is 0 Å². The van der Waals surface area contributed by atoms with E-state index in [1.54, 1.807) is 0 Å². The fourth-order valence-corrected chi connectivity index (χ4v) is 9.01. The fourth-order valence-electron chi connectivity index (χ4n) is 8.24. The normalized spacial score (nSPS) is 13.8. The molecule has 0 rings (SSSR count). The molecule has 3 N–H and O–H groups in total. The molecule has 0 saturated heterocycles. The van der Waals surface area contributed by atoms with Gasteiger partial charge in [0.25, 0.3) is 0 Å². The Hall–Kier alpha value is -3.33. The SMILES string of the molecule is CC/C=C\C/C=C\C/C=C\C/C=C\C/C=C\CCCCCC(=O)OC(COC(=O)CCCCCCCCCCCCCCCCCCCCCCCC/C=C\C/C=C\C/C=C\C/C=C\CC)COP(=O)(O)OCCN. The topological polar surface area (TPSA) is 134 Å². The number of phosphoric acid groups is 1. The Labute approximate surface area is 460 Å². The van der Waals surface area contributed by atoms with Crippen molar-refractivity contribution in [3.63, 3.8) is 0 Å². The zero-order valence-electron chi connectivity index (χ0n) is 48.0. The van der Waals surface area contributed by atoms with E-state index in [2.05, 4.69) is 123 Å². The van der Waals surface area contributed by atoms with Crippen molar-refractivity contribution < 1.29 is 37.6 Å². The molecule has 0 aromatic rings. The van der Waals surface area contributed by atoms with Gasteiger partial charge in [-0.15, -0.1) is 0 Å². The Balaban J connectivity index is 3.89. The third kappa shape index (κ3) is 59.8. The number of rotatable bonds is 56. The molecule has 2 atom stereocenters. The molecular weight excluding hydrogens is 954 g/mol. The number of carbonyl (C=O) groups excluding carboxylic acids is 2. The van der Waals surface area contributed by atoms with Gasteiger partial charge in [-0.1, -0.05) is 258 Å². The number of ether oxygens (including phenoxy) is 2. The zero-order chi connectivity index (χ0) is 54.5. The third-order valence-electron chi connectivity index (χ3n) is 12.7. The van der Waals surface area contributed by atoms with Crippen molar-refractivity contribution in [2.45, 2.75) is 264 Å². The van der Waals surface area contributed by atoms with Crippen LogP contribution in [0, 0.1) is 0 Å². The standard InChI is InChI=1S/C65H112NO8P/c1-3-5-7-9-11-13-15-17-19-21-23-24-25-26-27-28-29-30-31-32-33-34-35-36-37-38-40-41-43-45-47-49-51-53-55-57-64(67)71-61-63(62-73-75(69,70)72-60-59-66)74-65(68)58-56-54-52-50-48-46-44-42-39-22-20-18-16-14-12-10-8-6-4-2/h5-8,11-14,17-20,23-24,39,42,46,48,63H,3-4,9-10,15-16,21-22,25-38,40-41,43-45,47,49-62,66H2,1-2H3,(H,69,70)/b7-5-,8-6-,13-11-,14-12-,19-17-,20-18-,24-23-,42-39-,48-46-. The molecule has 2 unspecified atom stereocenters. The molecule has 0 aliphatic heterocycles. The van der Waals surface area contributed by atoms with E-state index in [9.17, 15) is 19.0 Å². The van der Waals surface area contributed by atoms with E-state index < -0.39 is 26.5 Å². The molecule has 9 nitrogen and oxygen atoms in total. The molecule has 0 aromatic heterocycles. The van der Waals surface area contributed by atoms with Gasteiger partial charge in [0.05, 0.1) is 13.2 Å². The van der Waals surface area contributed by atoms with Crippen molar-refractivity contribution in [3.05, 3.63) is 109 Å². The smallest absolute Gasteiger partial charge is 0.462 e. The van der Waals surface area contributed by atoms with Gasteiger partial charge in [0.15, 0.2) is 6.10 Å². The molecule has 0 fully saturated rings. The Morgan fingerprint density at radius 1 is 0.400 bits per heavy atom. The summed E-state index contributed by atoms with van der Waals surface area (Å²) in [5.41, 5.74) is 5.38. The van der Waals surface area contributed by atoms with Crippen molar-refractivity contribution in [2.75, 3.05) is 26.4 Å². The van der Waals surface area contributed by atoms with E-state index in [0.29, 0.717) is 6.42 Å². The first-order valence-corrected chi connectivity index (χ1v) is 31.9. The van der Waals surface area contributed by atoms with Gasteiger partial charge >= 0.3 is 19.8 Å². The predicted molar refractivity (Wildman–Crippen MR) is 321 cm³/mol. The van der Waals surface area contributed by atoms with Crippen molar-refractivity contribution >= 4 is 19.8 Å². The fraction of sp³-hybridized carbons (Fsp3) is 0.692. The number of esters is 2. The quantitative estimate of drug-likeness (QED) is 0.0264. The third-order valence-corrected chi connectivity index (χ3v) is 13.6. The maximum atomic E-state index is 12.7. The van der Waals surface area contributed by atoms with Crippen LogP contribution in [0.3, 0.4) is 0 Å². The first-order chi connectivity index (χ1) is 36.8. The number of phosphoric ester groups is 1. The summed E-state index contributed by atoms with van der Waals surface area (Å²) in [5.74, 6) is -0.863. The second-order valence-corrected chi connectivity index (χ2v) is 21.3. The first-order valence-electron chi connectivity index (χ1n) is 30.4. The van der Waals surface area contributed by atoms with Crippen LogP contribution in [0.25, 0.3) is 0 Å². The lowest BCUT2D eigenvalue weighted by Crippen LogP contribution is -2.29. The van der Waals surface area contributed by atoms with Gasteiger partial charge < -0.3 is 20.1 Å². The van der Waals surface area contributed by atoms with Crippen LogP contribution in [-0.2, 0) is 32.7 Å². The van der Waals surface area contributed by atoms with Gasteiger partial charge in [0.1, 0.15) is 6.61 Å². The zero-order valence-corrected chi connectivity index (χ0v) is 48.9. The summed E-state index contributed by atoms with van der Waals surface area (Å²) >= 11 is 0. The summed E-state index contributed by atoms with van der Waals surface area (Å²) in [6.07, 6.45) is 81.7. The van der Waals surface area contributed by atoms with Crippen LogP contribution in [0.2, 0.25) is 0 Å². The lowest BCUT2D eigenvalue weighted by atomic mass is 10.0. The summed E-state index contributed by atoms with van der Waals surface area (Å²) < 4.78 is 33.0. The maximum absolute atomic E-state index is 12.7. The van der Waals surface area contributed by atoms with Crippen LogP contribution in [0.5, 0.6) is 0 Å². The average molecular weight is 1070 g/mol. The van der Waals surface area contributed by atoms with Crippen molar-refractivity contribution in [1.82, 2.24) is 0 Å². The molecule has 0 heterocycles. The molecule has 10 heteroatoms. The number of carbonyl (C=O) groups is 2. The van der Waals surface area contributed by atoms with E-state index >= 15 is 0 Å². The number of hydrogen-bond acceptors (Lipinski definition) is 8. The lowest BCUT2D eigenvalue weighted by Gasteiger charge is -2.19. The molecule has 0 spiro atoms. The summed E-state index contributed by atoms with van der Waals surface area (Å²) in [4.78, 5) is 35.2. The minimum Gasteiger partial charge on any atom is -0.462 e. The van der Waals surface area contributed by atoms with Crippen LogP contribution in [-0.4, -0.2) is 49.3 Å². The van der Waals surface area contributed by atoms with Gasteiger partial charge in [-0.05, 0) is 96.3 Å². The van der Waals surface area contributed by atoms with Gasteiger partial charge in [0.2, 0.25) is 0 Å². The van der Waals surface area contributed by atoms with Gasteiger partial charge in [-0.2, -0.15) is 0 Å². The Morgan fingerprint density at radius 3 is 1.04 bits per heavy atom. The number of allylic oxidation sites excluding steroid dienone is 18. The predicted octanol–water partition coefficient (Wildman–Crippen LogP) is 19.4. The first kappa shape index (κ1) is 71.7. The minimum absolute atomic E-state index is 0.0439. The molecule has 0 saturated carbocycles. The van der Waals surface area contributed by atoms with E-state index in [-0.39, 0.29) is 38.6 Å². The van der Waals surface area contributed by atoms with E-state index in [4.69, 9.17) is 24.3 Å². The van der Waals surface area contributed by atoms with Crippen LogP contribution in [0.15, 0.2) is 109 Å². The van der Waals surface area contributed by atoms with Crippen LogP contribution in [0.1, 0.15) is 258 Å². The Bertz CT molecular complexity index is 1590. The Kier molecular flexibility index (Phi) is 57.2. The second-order valence-electron chi connectivity index (χ2n) is 19.8. The molecule has 430 valence electrons. The van der Waals surface area contributed by atoms with Crippen molar-refractivity contribution in [3.8, 4) is 0 Å². The van der Waals surface area contributed by atoms with E-state index in [0.717, 1.165) is 96.3 Å². The molecule has 0 bridgehead atoms. The average Bonchev–Trinajstić information content (AvgIpc) is 3.40. The number of unbranched alkanes of at least 4 members (excludes halogenated alkanes) is 25. The van der Waals surface area contributed by atoms with Gasteiger partial charge in [-0.3, -0.25) is 18.6 Å². The summed E-state index contributed by atoms with van der Waals surface area (Å²) in [6.45, 7) is 3.49. The highest BCUT2D eigenvalue weighted by Crippen LogP contribution is 2.43. The Morgan fingerprint density at radius 2 is 0.693 bits per heavy atom. The van der Waals surface area contributed by atoms with Gasteiger partial charge in [0, 0.05) is 19.4 Å². The van der Waals surface area contributed by atoms with Crippen molar-refractivity contribution in [1.29, 1.82) is 0 Å². The summed E-state index contributed by atoms with van der Waals surface area (Å²) in [5, 5.41) is 0. The monoisotopic (exact) mass is 1070 g/mol.